The summed E-state index contributed by atoms with van der Waals surface area (Å²) in [6.07, 6.45) is 6.09. The van der Waals surface area contributed by atoms with E-state index in [9.17, 15) is 4.39 Å². The average Bonchev–Trinajstić information content (AvgIpc) is 3.33. The molecule has 0 atom stereocenters. The van der Waals surface area contributed by atoms with Gasteiger partial charge in [-0.15, -0.1) is 0 Å². The quantitative estimate of drug-likeness (QED) is 0.365. The van der Waals surface area contributed by atoms with E-state index >= 15 is 0 Å². The first kappa shape index (κ1) is 21.7. The van der Waals surface area contributed by atoms with Crippen LogP contribution in [-0.2, 0) is 5.41 Å². The molecule has 1 fully saturated rings. The Balaban J connectivity index is 1.70. The third-order valence-electron chi connectivity index (χ3n) is 5.97. The normalized spacial score (nSPS) is 17.4. The molecule has 160 valence electrons. The van der Waals surface area contributed by atoms with Crippen molar-refractivity contribution in [2.24, 2.45) is 10.1 Å². The zero-order chi connectivity index (χ0) is 21.7. The molecule has 1 heterocycles. The number of benzene rings is 1. The zero-order valence-corrected chi connectivity index (χ0v) is 18.2. The fraction of sp³-hybridized carbons (Fsp3) is 0.435. The monoisotopic (exact) mass is 410 g/mol. The molecule has 0 spiro atoms. The number of hydrazone groups is 1. The second kappa shape index (κ2) is 9.24. The Labute approximate surface area is 177 Å². The lowest BCUT2D eigenvalue weighted by Crippen LogP contribution is -2.29. The zero-order valence-electron chi connectivity index (χ0n) is 18.2. The number of halogens is 1. The van der Waals surface area contributed by atoms with Gasteiger partial charge >= 0.3 is 0 Å². The molecule has 0 unspecified atom stereocenters. The van der Waals surface area contributed by atoms with E-state index in [2.05, 4.69) is 20.7 Å². The number of aromatic amines is 1. The first-order valence-corrected chi connectivity index (χ1v) is 10.4. The maximum absolute atomic E-state index is 14.5. The molecule has 1 aliphatic rings. The number of allylic oxidation sites excluding steroid dienone is 1. The van der Waals surface area contributed by atoms with Gasteiger partial charge in [0.2, 0.25) is 0 Å². The number of nitrogens with one attached hydrogen (secondary N) is 2. The van der Waals surface area contributed by atoms with Gasteiger partial charge in [0.25, 0.3) is 0 Å². The van der Waals surface area contributed by atoms with Crippen LogP contribution in [0.5, 0.6) is 0 Å². The Morgan fingerprint density at radius 2 is 1.97 bits per heavy atom. The predicted molar refractivity (Wildman–Crippen MR) is 122 cm³/mol. The molecule has 4 N–H and O–H groups in total. The van der Waals surface area contributed by atoms with Crippen molar-refractivity contribution in [1.82, 2.24) is 15.6 Å². The minimum absolute atomic E-state index is 0.136. The number of rotatable bonds is 6. The number of aliphatic imine (C=N–C) groups is 1. The molecule has 30 heavy (non-hydrogen) atoms. The number of aromatic nitrogens is 2. The molecular formula is C23H31FN6. The van der Waals surface area contributed by atoms with Crippen LogP contribution in [0.4, 0.5) is 10.2 Å². The number of hydrogen-bond acceptors (Lipinski definition) is 4. The van der Waals surface area contributed by atoms with Crippen LogP contribution >= 0.6 is 0 Å². The predicted octanol–water partition coefficient (Wildman–Crippen LogP) is 4.74. The molecule has 0 saturated heterocycles. The van der Waals surface area contributed by atoms with E-state index in [1.807, 2.05) is 45.9 Å². The second-order valence-corrected chi connectivity index (χ2v) is 8.15. The summed E-state index contributed by atoms with van der Waals surface area (Å²) in [4.78, 5) is 4.71. The van der Waals surface area contributed by atoms with Gasteiger partial charge in [0, 0.05) is 16.7 Å². The fourth-order valence-electron chi connectivity index (χ4n) is 3.97. The molecule has 2 aromatic rings. The Kier molecular flexibility index (Phi) is 6.70. The van der Waals surface area contributed by atoms with Gasteiger partial charge in [0.05, 0.1) is 12.3 Å². The molecule has 1 aromatic carbocycles. The van der Waals surface area contributed by atoms with Crippen molar-refractivity contribution in [2.45, 2.75) is 58.8 Å². The molecule has 3 rings (SSSR count). The average molecular weight is 411 g/mol. The minimum atomic E-state index is -0.223. The van der Waals surface area contributed by atoms with Crippen molar-refractivity contribution in [3.05, 3.63) is 52.5 Å². The molecule has 1 saturated carbocycles. The minimum Gasteiger partial charge on any atom is -0.382 e. The number of amidine groups is 1. The Bertz CT molecular complexity index is 960. The Hall–Kier alpha value is -2.96. The van der Waals surface area contributed by atoms with Crippen LogP contribution in [0.3, 0.4) is 0 Å². The number of nitrogens with two attached hydrogens (primary N) is 1. The number of anilines is 1. The van der Waals surface area contributed by atoms with Crippen LogP contribution in [-0.4, -0.2) is 28.3 Å². The van der Waals surface area contributed by atoms with Crippen LogP contribution in [0.2, 0.25) is 0 Å². The molecule has 0 bridgehead atoms. The van der Waals surface area contributed by atoms with Crippen LogP contribution in [0.15, 0.2) is 39.9 Å². The summed E-state index contributed by atoms with van der Waals surface area (Å²) >= 11 is 0. The molecule has 0 aliphatic heterocycles. The smallest absolute Gasteiger partial charge is 0.152 e. The lowest BCUT2D eigenvalue weighted by Gasteiger charge is -2.28. The van der Waals surface area contributed by atoms with Crippen molar-refractivity contribution < 1.29 is 4.39 Å². The first-order chi connectivity index (χ1) is 14.3. The topological polar surface area (TPSA) is 91.4 Å². The maximum Gasteiger partial charge on any atom is 0.152 e. The molecule has 1 aromatic heterocycles. The van der Waals surface area contributed by atoms with Gasteiger partial charge < -0.3 is 5.73 Å². The Morgan fingerprint density at radius 1 is 1.27 bits per heavy atom. The molecule has 0 radical (unpaired) electrons. The number of nitrogens with zero attached hydrogens (tertiary/aromatic N) is 3. The van der Waals surface area contributed by atoms with Crippen LogP contribution in [0.25, 0.3) is 6.08 Å². The third-order valence-corrected chi connectivity index (χ3v) is 5.97. The Morgan fingerprint density at radius 3 is 2.60 bits per heavy atom. The van der Waals surface area contributed by atoms with Crippen LogP contribution < -0.4 is 11.2 Å². The highest BCUT2D eigenvalue weighted by atomic mass is 19.1. The summed E-state index contributed by atoms with van der Waals surface area (Å²) in [5.74, 6) is 1.05. The maximum atomic E-state index is 14.5. The standard InChI is InChI=1S/C23H31FN6/c1-15(13-19-17(3)28-30-22(19)25)16(2)27-29-18(4)26-14-23(11-7-8-12-23)20-9-5-6-10-21(20)24/h5-6,9-10,13H,7-8,11-12,14H2,1-4H3,(H,26,29)(H3,25,28,30)/b15-13+,27-16-. The van der Waals surface area contributed by atoms with Crippen molar-refractivity contribution in [1.29, 1.82) is 0 Å². The van der Waals surface area contributed by atoms with Crippen molar-refractivity contribution >= 4 is 23.4 Å². The van der Waals surface area contributed by atoms with E-state index in [1.165, 1.54) is 0 Å². The number of H-pyrrole nitrogens is 1. The number of hydrogen-bond donors (Lipinski definition) is 3. The van der Waals surface area contributed by atoms with Gasteiger partial charge in [-0.3, -0.25) is 15.5 Å². The van der Waals surface area contributed by atoms with Crippen molar-refractivity contribution in [3.63, 3.8) is 0 Å². The number of aryl methyl sites for hydroxylation is 1. The molecule has 0 amide bonds. The summed E-state index contributed by atoms with van der Waals surface area (Å²) in [7, 11) is 0. The van der Waals surface area contributed by atoms with E-state index in [4.69, 9.17) is 10.7 Å². The largest absolute Gasteiger partial charge is 0.382 e. The van der Waals surface area contributed by atoms with Gasteiger partial charge in [-0.25, -0.2) is 4.39 Å². The summed E-state index contributed by atoms with van der Waals surface area (Å²) in [6.45, 7) is 8.28. The van der Waals surface area contributed by atoms with E-state index < -0.39 is 0 Å². The molecule has 7 heteroatoms. The molecule has 6 nitrogen and oxygen atoms in total. The van der Waals surface area contributed by atoms with Gasteiger partial charge in [-0.1, -0.05) is 31.0 Å². The highest BCUT2D eigenvalue weighted by Gasteiger charge is 2.37. The van der Waals surface area contributed by atoms with Gasteiger partial charge in [0.1, 0.15) is 11.7 Å². The van der Waals surface area contributed by atoms with Gasteiger partial charge in [0.15, 0.2) is 5.82 Å². The van der Waals surface area contributed by atoms with Crippen molar-refractivity contribution in [2.75, 3.05) is 12.3 Å². The fourth-order valence-corrected chi connectivity index (χ4v) is 3.97. The van der Waals surface area contributed by atoms with Crippen LogP contribution in [0.1, 0.15) is 63.3 Å². The SMILES string of the molecule is CC(=NCC1(c2ccccc2F)CCCC1)N/N=C(C)\C(C)=C\c1c(N)n[nH]c1C. The van der Waals surface area contributed by atoms with Gasteiger partial charge in [-0.2, -0.15) is 10.2 Å². The second-order valence-electron chi connectivity index (χ2n) is 8.15. The van der Waals surface area contributed by atoms with E-state index in [0.29, 0.717) is 18.2 Å². The van der Waals surface area contributed by atoms with Crippen molar-refractivity contribution in [3.8, 4) is 0 Å². The molecular weight excluding hydrogens is 379 g/mol. The summed E-state index contributed by atoms with van der Waals surface area (Å²) in [5, 5.41) is 11.3. The van der Waals surface area contributed by atoms with E-state index in [0.717, 1.165) is 53.8 Å². The number of nitrogen functional groups attached to an aromatic ring is 1. The van der Waals surface area contributed by atoms with E-state index in [1.54, 1.807) is 12.1 Å². The summed E-state index contributed by atoms with van der Waals surface area (Å²) < 4.78 is 14.5. The van der Waals surface area contributed by atoms with Gasteiger partial charge in [-0.05, 0) is 63.8 Å². The lowest BCUT2D eigenvalue weighted by molar-refractivity contribution is 0.427. The summed E-state index contributed by atoms with van der Waals surface area (Å²) in [6, 6.07) is 7.09. The third kappa shape index (κ3) is 4.78. The summed E-state index contributed by atoms with van der Waals surface area (Å²) in [5.41, 5.74) is 13.1. The first-order valence-electron chi connectivity index (χ1n) is 10.4. The van der Waals surface area contributed by atoms with E-state index in [-0.39, 0.29) is 11.2 Å². The molecule has 1 aliphatic carbocycles. The highest BCUT2D eigenvalue weighted by molar-refractivity contribution is 6.02. The van der Waals surface area contributed by atoms with Crippen LogP contribution in [0, 0.1) is 12.7 Å². The lowest BCUT2D eigenvalue weighted by atomic mass is 9.78. The highest BCUT2D eigenvalue weighted by Crippen LogP contribution is 2.42.